The van der Waals surface area contributed by atoms with Gasteiger partial charge in [0, 0.05) is 20.0 Å². The number of fused-ring (bicyclic) bond motifs is 1. The number of carbonyl (C=O) groups is 1. The van der Waals surface area contributed by atoms with Gasteiger partial charge in [-0.05, 0) is 25.7 Å². The lowest BCUT2D eigenvalue weighted by atomic mass is 10.2. The molecule has 0 amide bonds. The third-order valence-electron chi connectivity index (χ3n) is 4.81. The second kappa shape index (κ2) is 7.96. The van der Waals surface area contributed by atoms with Crippen LogP contribution in [-0.2, 0) is 18.4 Å². The van der Waals surface area contributed by atoms with E-state index in [-0.39, 0.29) is 22.6 Å². The summed E-state index contributed by atoms with van der Waals surface area (Å²) in [5, 5.41) is 0.654. The Morgan fingerprint density at radius 1 is 1.15 bits per heavy atom. The van der Waals surface area contributed by atoms with Gasteiger partial charge in [-0.2, -0.15) is 0 Å². The van der Waals surface area contributed by atoms with Crippen molar-refractivity contribution in [2.45, 2.75) is 69.7 Å². The molecule has 1 unspecified atom stereocenters. The first-order valence-electron chi connectivity index (χ1n) is 9.47. The Morgan fingerprint density at radius 2 is 1.89 bits per heavy atom. The van der Waals surface area contributed by atoms with Crippen LogP contribution in [0.5, 0.6) is 0 Å². The molecule has 2 heterocycles. The molecular weight excluding hydrogens is 364 g/mol. The number of thioether (sulfide) groups is 1. The normalized spacial score (nSPS) is 18.3. The van der Waals surface area contributed by atoms with Gasteiger partial charge in [-0.3, -0.25) is 18.7 Å². The zero-order valence-corrected chi connectivity index (χ0v) is 17.1. The molecule has 146 valence electrons. The number of hydrogen-bond acceptors (Lipinski definition) is 6. The summed E-state index contributed by atoms with van der Waals surface area (Å²) >= 11 is 1.36. The molecule has 0 aliphatic heterocycles. The van der Waals surface area contributed by atoms with Crippen molar-refractivity contribution in [3.63, 3.8) is 0 Å². The summed E-state index contributed by atoms with van der Waals surface area (Å²) in [6, 6.07) is 0. The summed E-state index contributed by atoms with van der Waals surface area (Å²) in [5.41, 5.74) is -0.410. The van der Waals surface area contributed by atoms with Crippen LogP contribution in [0.1, 0.15) is 51.8 Å². The highest BCUT2D eigenvalue weighted by molar-refractivity contribution is 8.00. The Labute approximate surface area is 162 Å². The summed E-state index contributed by atoms with van der Waals surface area (Å²) in [4.78, 5) is 46.9. The van der Waals surface area contributed by atoms with Crippen molar-refractivity contribution in [3.05, 3.63) is 26.7 Å². The molecule has 0 aromatic carbocycles. The highest BCUT2D eigenvalue weighted by Gasteiger charge is 2.26. The van der Waals surface area contributed by atoms with Gasteiger partial charge in [0.15, 0.2) is 5.65 Å². The lowest BCUT2D eigenvalue weighted by Gasteiger charge is -2.17. The second-order valence-electron chi connectivity index (χ2n) is 7.60. The Bertz CT molecular complexity index is 993. The third-order valence-corrected chi connectivity index (χ3v) is 6.11. The van der Waals surface area contributed by atoms with E-state index in [4.69, 9.17) is 0 Å². The van der Waals surface area contributed by atoms with Crippen LogP contribution in [0.15, 0.2) is 14.6 Å². The maximum absolute atomic E-state index is 12.9. The number of rotatable bonds is 4. The summed E-state index contributed by atoms with van der Waals surface area (Å²) in [7, 11) is 1.48. The first-order valence-corrected chi connectivity index (χ1v) is 10.3. The lowest BCUT2D eigenvalue weighted by molar-refractivity contribution is -0.118. The van der Waals surface area contributed by atoms with E-state index in [0.717, 1.165) is 30.3 Å². The van der Waals surface area contributed by atoms with E-state index in [1.807, 2.05) is 13.8 Å². The largest absolute Gasteiger partial charge is 0.332 e. The minimum atomic E-state index is -0.404. The Kier molecular flexibility index (Phi) is 5.83. The van der Waals surface area contributed by atoms with Crippen LogP contribution in [0.4, 0.5) is 0 Å². The Balaban J connectivity index is 2.21. The van der Waals surface area contributed by atoms with Gasteiger partial charge in [0.2, 0.25) is 0 Å². The molecule has 7 nitrogen and oxygen atoms in total. The van der Waals surface area contributed by atoms with Gasteiger partial charge in [0.05, 0.1) is 5.25 Å². The van der Waals surface area contributed by atoms with Crippen LogP contribution < -0.4 is 11.2 Å². The van der Waals surface area contributed by atoms with Crippen molar-refractivity contribution in [1.29, 1.82) is 0 Å². The molecule has 1 aliphatic rings. The molecular formula is C19H26N4O3S. The van der Waals surface area contributed by atoms with Gasteiger partial charge >= 0.3 is 5.69 Å². The van der Waals surface area contributed by atoms with Gasteiger partial charge in [0.25, 0.3) is 5.56 Å². The highest BCUT2D eigenvalue weighted by Crippen LogP contribution is 2.32. The topological polar surface area (TPSA) is 86.9 Å². The van der Waals surface area contributed by atoms with Crippen LogP contribution in [0, 0.1) is 12.8 Å². The van der Waals surface area contributed by atoms with E-state index in [9.17, 15) is 14.4 Å². The maximum atomic E-state index is 12.9. The zero-order valence-electron chi connectivity index (χ0n) is 16.3. The van der Waals surface area contributed by atoms with Crippen LogP contribution in [0.2, 0.25) is 0 Å². The molecule has 0 saturated heterocycles. The van der Waals surface area contributed by atoms with Gasteiger partial charge in [-0.25, -0.2) is 14.8 Å². The second-order valence-corrected chi connectivity index (χ2v) is 8.79. The first-order chi connectivity index (χ1) is 12.8. The molecule has 0 N–H and O–H groups in total. The lowest BCUT2D eigenvalue weighted by Crippen LogP contribution is -2.39. The summed E-state index contributed by atoms with van der Waals surface area (Å²) < 4.78 is 2.66. The molecule has 0 radical (unpaired) electrons. The molecule has 2 aromatic rings. The third kappa shape index (κ3) is 4.00. The van der Waals surface area contributed by atoms with Crippen LogP contribution in [0.25, 0.3) is 11.0 Å². The molecule has 1 saturated carbocycles. The van der Waals surface area contributed by atoms with E-state index in [2.05, 4.69) is 9.97 Å². The molecule has 1 fully saturated rings. The summed E-state index contributed by atoms with van der Waals surface area (Å²) in [6.45, 7) is 6.24. The monoisotopic (exact) mass is 390 g/mol. The molecule has 8 heteroatoms. The predicted molar refractivity (Wildman–Crippen MR) is 106 cm³/mol. The molecule has 1 aliphatic carbocycles. The van der Waals surface area contributed by atoms with E-state index >= 15 is 0 Å². The molecule has 27 heavy (non-hydrogen) atoms. The average molecular weight is 391 g/mol. The summed E-state index contributed by atoms with van der Waals surface area (Å²) in [5.74, 6) is 0.934. The number of Topliss-reactive ketones (excluding diaryl/α,β-unsaturated/α-hetero) is 1. The van der Waals surface area contributed by atoms with Crippen molar-refractivity contribution in [2.24, 2.45) is 13.0 Å². The number of carbonyl (C=O) groups excluding carboxylic acids is 1. The Morgan fingerprint density at radius 3 is 2.59 bits per heavy atom. The van der Waals surface area contributed by atoms with Gasteiger partial charge < -0.3 is 0 Å². The van der Waals surface area contributed by atoms with Crippen molar-refractivity contribution < 1.29 is 4.79 Å². The molecule has 0 spiro atoms. The number of aromatic nitrogens is 4. The minimum Gasteiger partial charge on any atom is -0.298 e. The standard InChI is InChI=1S/C19H26N4O3S/c1-11(2)10-23-16-15(18(25)22(4)19(23)26)17(21-12(3)20-16)27-14-9-7-5-6-8-13(14)24/h11,14H,5-10H2,1-4H3. The predicted octanol–water partition coefficient (Wildman–Crippen LogP) is 2.45. The summed E-state index contributed by atoms with van der Waals surface area (Å²) in [6.07, 6.45) is 4.36. The fraction of sp³-hybridized carbons (Fsp3) is 0.632. The zero-order chi connectivity index (χ0) is 19.7. The van der Waals surface area contributed by atoms with E-state index in [1.165, 1.54) is 18.8 Å². The van der Waals surface area contributed by atoms with Crippen molar-refractivity contribution in [3.8, 4) is 0 Å². The smallest absolute Gasteiger partial charge is 0.298 e. The number of ketones is 1. The van der Waals surface area contributed by atoms with Gasteiger partial charge in [0.1, 0.15) is 22.0 Å². The quantitative estimate of drug-likeness (QED) is 0.589. The van der Waals surface area contributed by atoms with Gasteiger partial charge in [-0.1, -0.05) is 38.5 Å². The van der Waals surface area contributed by atoms with Crippen LogP contribution in [0.3, 0.4) is 0 Å². The maximum Gasteiger partial charge on any atom is 0.332 e. The first kappa shape index (κ1) is 19.8. The van der Waals surface area contributed by atoms with Crippen LogP contribution in [-0.4, -0.2) is 30.1 Å². The fourth-order valence-electron chi connectivity index (χ4n) is 3.44. The molecule has 1 atom stereocenters. The van der Waals surface area contributed by atoms with E-state index in [1.54, 1.807) is 11.5 Å². The minimum absolute atomic E-state index is 0.194. The molecule has 2 aromatic heterocycles. The van der Waals surface area contributed by atoms with Crippen LogP contribution >= 0.6 is 11.8 Å². The van der Waals surface area contributed by atoms with Gasteiger partial charge in [-0.15, -0.1) is 0 Å². The average Bonchev–Trinajstić information content (AvgIpc) is 2.81. The van der Waals surface area contributed by atoms with Crippen molar-refractivity contribution in [2.75, 3.05) is 0 Å². The van der Waals surface area contributed by atoms with Crippen molar-refractivity contribution >= 4 is 28.6 Å². The SMILES string of the molecule is Cc1nc(SC2CCCCCC2=O)c2c(=O)n(C)c(=O)n(CC(C)C)c2n1. The highest BCUT2D eigenvalue weighted by atomic mass is 32.2. The molecule has 0 bridgehead atoms. The van der Waals surface area contributed by atoms with E-state index < -0.39 is 5.56 Å². The van der Waals surface area contributed by atoms with E-state index in [0.29, 0.717) is 34.8 Å². The Hall–Kier alpha value is -1.96. The van der Waals surface area contributed by atoms with Crippen molar-refractivity contribution in [1.82, 2.24) is 19.1 Å². The number of nitrogens with zero attached hydrogens (tertiary/aromatic N) is 4. The number of hydrogen-bond donors (Lipinski definition) is 0. The molecule has 3 rings (SSSR count). The number of aryl methyl sites for hydroxylation is 1. The fourth-order valence-corrected chi connectivity index (χ4v) is 4.73.